The van der Waals surface area contributed by atoms with Gasteiger partial charge in [-0.05, 0) is 17.7 Å². The van der Waals surface area contributed by atoms with E-state index in [2.05, 4.69) is 5.32 Å². The Bertz CT molecular complexity index is 450. The number of ether oxygens (including phenoxy) is 2. The number of aliphatic carboxylic acids is 1. The fraction of sp³-hybridized carbons (Fsp3) is 0.462. The number of nitrogens with one attached hydrogen (secondary N) is 1. The van der Waals surface area contributed by atoms with E-state index in [4.69, 9.17) is 20.3 Å². The van der Waals surface area contributed by atoms with Gasteiger partial charge in [-0.25, -0.2) is 0 Å². The monoisotopic (exact) mass is 266 g/mol. The second-order valence-corrected chi connectivity index (χ2v) is 4.47. The number of carboxylic acid groups (broad SMARTS) is 1. The fourth-order valence-corrected chi connectivity index (χ4v) is 1.90. The number of nitrogens with two attached hydrogens (primary N) is 1. The molecule has 0 aliphatic carbocycles. The summed E-state index contributed by atoms with van der Waals surface area (Å²) in [5, 5.41) is 11.7. The maximum absolute atomic E-state index is 10.5. The zero-order valence-electron chi connectivity index (χ0n) is 10.6. The summed E-state index contributed by atoms with van der Waals surface area (Å²) in [4.78, 5) is 10.5. The summed E-state index contributed by atoms with van der Waals surface area (Å²) in [6, 6.07) is 5.37. The molecule has 2 rings (SSSR count). The summed E-state index contributed by atoms with van der Waals surface area (Å²) < 4.78 is 10.9. The van der Waals surface area contributed by atoms with E-state index in [-0.39, 0.29) is 12.5 Å². The Labute approximate surface area is 111 Å². The average molecular weight is 266 g/mol. The van der Waals surface area contributed by atoms with Crippen LogP contribution in [0.5, 0.6) is 11.5 Å². The van der Waals surface area contributed by atoms with Gasteiger partial charge < -0.3 is 25.6 Å². The van der Waals surface area contributed by atoms with Gasteiger partial charge >= 0.3 is 5.97 Å². The van der Waals surface area contributed by atoms with Crippen LogP contribution in [-0.2, 0) is 11.3 Å². The molecule has 1 aromatic carbocycles. The lowest BCUT2D eigenvalue weighted by Crippen LogP contribution is -2.35. The van der Waals surface area contributed by atoms with Gasteiger partial charge in [0, 0.05) is 19.1 Å². The van der Waals surface area contributed by atoms with Crippen molar-refractivity contribution in [3.05, 3.63) is 23.8 Å². The molecule has 6 heteroatoms. The summed E-state index contributed by atoms with van der Waals surface area (Å²) in [7, 11) is 0. The maximum Gasteiger partial charge on any atom is 0.304 e. The maximum atomic E-state index is 10.5. The standard InChI is InChI=1S/C13H18N2O4/c14-10(6-13(16)17)8-15-7-9-1-2-11-12(5-9)19-4-3-18-11/h1-2,5,10,15H,3-4,6-8,14H2,(H,16,17). The van der Waals surface area contributed by atoms with Crippen molar-refractivity contribution in [3.63, 3.8) is 0 Å². The van der Waals surface area contributed by atoms with Crippen molar-refractivity contribution < 1.29 is 19.4 Å². The molecule has 1 aromatic rings. The molecule has 4 N–H and O–H groups in total. The van der Waals surface area contributed by atoms with E-state index in [0.717, 1.165) is 17.1 Å². The molecule has 1 unspecified atom stereocenters. The van der Waals surface area contributed by atoms with Crippen LogP contribution in [-0.4, -0.2) is 36.9 Å². The third kappa shape index (κ3) is 4.11. The SMILES string of the molecule is NC(CNCc1ccc2c(c1)OCCO2)CC(=O)O. The van der Waals surface area contributed by atoms with Gasteiger partial charge in [0.15, 0.2) is 11.5 Å². The van der Waals surface area contributed by atoms with Gasteiger partial charge in [-0.3, -0.25) is 4.79 Å². The molecule has 1 aliphatic rings. The molecule has 1 atom stereocenters. The van der Waals surface area contributed by atoms with Gasteiger partial charge in [-0.2, -0.15) is 0 Å². The molecule has 0 saturated carbocycles. The predicted molar refractivity (Wildman–Crippen MR) is 69.4 cm³/mol. The second kappa shape index (κ2) is 6.40. The molecular formula is C13H18N2O4. The molecule has 0 bridgehead atoms. The van der Waals surface area contributed by atoms with Crippen LogP contribution in [0.4, 0.5) is 0 Å². The molecule has 0 amide bonds. The van der Waals surface area contributed by atoms with Gasteiger partial charge in [0.2, 0.25) is 0 Å². The normalized spacial score (nSPS) is 15.0. The Morgan fingerprint density at radius 2 is 2.11 bits per heavy atom. The minimum atomic E-state index is -0.881. The summed E-state index contributed by atoms with van der Waals surface area (Å²) in [6.07, 6.45) is -0.0336. The number of hydrogen-bond acceptors (Lipinski definition) is 5. The average Bonchev–Trinajstić information content (AvgIpc) is 2.37. The van der Waals surface area contributed by atoms with Gasteiger partial charge in [0.25, 0.3) is 0 Å². The zero-order chi connectivity index (χ0) is 13.7. The topological polar surface area (TPSA) is 93.8 Å². The molecule has 0 spiro atoms. The third-order valence-electron chi connectivity index (χ3n) is 2.78. The molecule has 0 saturated heterocycles. The van der Waals surface area contributed by atoms with Crippen molar-refractivity contribution in [3.8, 4) is 11.5 Å². The highest BCUT2D eigenvalue weighted by Crippen LogP contribution is 2.30. The van der Waals surface area contributed by atoms with E-state index in [0.29, 0.717) is 26.3 Å². The van der Waals surface area contributed by atoms with Crippen LogP contribution >= 0.6 is 0 Å². The van der Waals surface area contributed by atoms with Crippen molar-refractivity contribution in [2.24, 2.45) is 5.73 Å². The van der Waals surface area contributed by atoms with Gasteiger partial charge in [-0.1, -0.05) is 6.07 Å². The Morgan fingerprint density at radius 3 is 2.84 bits per heavy atom. The molecule has 0 aromatic heterocycles. The molecule has 1 heterocycles. The number of rotatable bonds is 6. The van der Waals surface area contributed by atoms with E-state index in [1.807, 2.05) is 18.2 Å². The largest absolute Gasteiger partial charge is 0.486 e. The van der Waals surface area contributed by atoms with Crippen LogP contribution in [0.3, 0.4) is 0 Å². The third-order valence-corrected chi connectivity index (χ3v) is 2.78. The lowest BCUT2D eigenvalue weighted by atomic mass is 10.1. The van der Waals surface area contributed by atoms with E-state index < -0.39 is 5.97 Å². The highest BCUT2D eigenvalue weighted by Gasteiger charge is 2.12. The summed E-state index contributed by atoms with van der Waals surface area (Å²) in [6.45, 7) is 2.21. The molecule has 104 valence electrons. The lowest BCUT2D eigenvalue weighted by Gasteiger charge is -2.19. The van der Waals surface area contributed by atoms with Crippen molar-refractivity contribution >= 4 is 5.97 Å². The summed E-state index contributed by atoms with van der Waals surface area (Å²) in [5.41, 5.74) is 6.71. The van der Waals surface area contributed by atoms with Crippen LogP contribution in [0.15, 0.2) is 18.2 Å². The van der Waals surface area contributed by atoms with E-state index in [9.17, 15) is 4.79 Å². The smallest absolute Gasteiger partial charge is 0.304 e. The number of carbonyl (C=O) groups is 1. The first-order valence-corrected chi connectivity index (χ1v) is 6.22. The minimum Gasteiger partial charge on any atom is -0.486 e. The number of fused-ring (bicyclic) bond motifs is 1. The quantitative estimate of drug-likeness (QED) is 0.688. The van der Waals surface area contributed by atoms with Gasteiger partial charge in [0.1, 0.15) is 13.2 Å². The second-order valence-electron chi connectivity index (χ2n) is 4.47. The Kier molecular flexibility index (Phi) is 4.59. The van der Waals surface area contributed by atoms with Crippen molar-refractivity contribution in [2.75, 3.05) is 19.8 Å². The fourth-order valence-electron chi connectivity index (χ4n) is 1.90. The van der Waals surface area contributed by atoms with Crippen LogP contribution in [0.1, 0.15) is 12.0 Å². The van der Waals surface area contributed by atoms with Crippen molar-refractivity contribution in [1.29, 1.82) is 0 Å². The number of hydrogen-bond donors (Lipinski definition) is 3. The van der Waals surface area contributed by atoms with Crippen molar-refractivity contribution in [2.45, 2.75) is 19.0 Å². The lowest BCUT2D eigenvalue weighted by molar-refractivity contribution is -0.137. The first-order valence-electron chi connectivity index (χ1n) is 6.22. The van der Waals surface area contributed by atoms with Crippen LogP contribution in [0.2, 0.25) is 0 Å². The van der Waals surface area contributed by atoms with E-state index >= 15 is 0 Å². The van der Waals surface area contributed by atoms with Crippen LogP contribution < -0.4 is 20.5 Å². The van der Waals surface area contributed by atoms with Crippen molar-refractivity contribution in [1.82, 2.24) is 5.32 Å². The summed E-state index contributed by atoms with van der Waals surface area (Å²) >= 11 is 0. The first kappa shape index (κ1) is 13.6. The van der Waals surface area contributed by atoms with E-state index in [1.54, 1.807) is 0 Å². The van der Waals surface area contributed by atoms with Crippen LogP contribution in [0, 0.1) is 0 Å². The molecule has 0 radical (unpaired) electrons. The number of carboxylic acids is 1. The minimum absolute atomic E-state index is 0.0336. The van der Waals surface area contributed by atoms with Gasteiger partial charge in [0.05, 0.1) is 6.42 Å². The van der Waals surface area contributed by atoms with E-state index in [1.165, 1.54) is 0 Å². The zero-order valence-corrected chi connectivity index (χ0v) is 10.6. The molecule has 6 nitrogen and oxygen atoms in total. The first-order chi connectivity index (χ1) is 9.15. The van der Waals surface area contributed by atoms with Gasteiger partial charge in [-0.15, -0.1) is 0 Å². The molecule has 19 heavy (non-hydrogen) atoms. The Morgan fingerprint density at radius 1 is 1.37 bits per heavy atom. The molecule has 1 aliphatic heterocycles. The predicted octanol–water partition coefficient (Wildman–Crippen LogP) is 0.349. The Balaban J connectivity index is 1.81. The number of benzene rings is 1. The Hall–Kier alpha value is -1.79. The van der Waals surface area contributed by atoms with Crippen LogP contribution in [0.25, 0.3) is 0 Å². The molecule has 0 fully saturated rings. The summed E-state index contributed by atoms with van der Waals surface area (Å²) in [5.74, 6) is 0.631. The molecular weight excluding hydrogens is 248 g/mol. The highest BCUT2D eigenvalue weighted by molar-refractivity contribution is 5.67. The highest BCUT2D eigenvalue weighted by atomic mass is 16.6.